The van der Waals surface area contributed by atoms with Crippen molar-refractivity contribution in [3.8, 4) is 5.75 Å². The highest BCUT2D eigenvalue weighted by molar-refractivity contribution is 5.91. The van der Waals surface area contributed by atoms with Crippen LogP contribution in [-0.2, 0) is 16.0 Å². The van der Waals surface area contributed by atoms with E-state index in [9.17, 15) is 19.5 Å². The van der Waals surface area contributed by atoms with Crippen LogP contribution in [0.4, 0.5) is 4.79 Å². The molecule has 1 atom stereocenters. The number of ether oxygens (including phenoxy) is 2. The highest BCUT2D eigenvalue weighted by Crippen LogP contribution is 2.22. The number of benzene rings is 1. The Balaban J connectivity index is 1.94. The second kappa shape index (κ2) is 8.95. The number of amides is 2. The lowest BCUT2D eigenvalue weighted by atomic mass is 10.1. The predicted molar refractivity (Wildman–Crippen MR) is 103 cm³/mol. The van der Waals surface area contributed by atoms with E-state index in [4.69, 9.17) is 9.47 Å². The molecule has 0 spiro atoms. The minimum absolute atomic E-state index is 0.0702. The molecule has 2 rings (SSSR count). The Morgan fingerprint density at radius 1 is 1.29 bits per heavy atom. The first-order chi connectivity index (χ1) is 13.1. The lowest BCUT2D eigenvalue weighted by Gasteiger charge is -2.22. The number of hydrogen-bond acceptors (Lipinski definition) is 5. The molecule has 0 aromatic heterocycles. The summed E-state index contributed by atoms with van der Waals surface area (Å²) in [6.07, 6.45) is 0.309. The summed E-state index contributed by atoms with van der Waals surface area (Å²) >= 11 is 0. The van der Waals surface area contributed by atoms with Crippen LogP contribution in [0.25, 0.3) is 0 Å². The molecule has 0 unspecified atom stereocenters. The zero-order valence-corrected chi connectivity index (χ0v) is 16.8. The van der Waals surface area contributed by atoms with Crippen molar-refractivity contribution in [2.75, 3.05) is 19.7 Å². The van der Waals surface area contributed by atoms with E-state index in [1.54, 1.807) is 44.7 Å². The van der Waals surface area contributed by atoms with Crippen molar-refractivity contribution in [2.45, 2.75) is 52.2 Å². The molecule has 2 N–H and O–H groups in total. The number of carbonyl (C=O) groups is 3. The average molecular weight is 392 g/mol. The highest BCUT2D eigenvalue weighted by Gasteiger charge is 2.29. The summed E-state index contributed by atoms with van der Waals surface area (Å²) in [5.74, 6) is -0.901. The monoisotopic (exact) mass is 392 g/mol. The first-order valence-electron chi connectivity index (χ1n) is 9.35. The molecule has 1 aromatic rings. The van der Waals surface area contributed by atoms with Gasteiger partial charge >= 0.3 is 12.1 Å². The van der Waals surface area contributed by atoms with Crippen LogP contribution in [0.1, 0.15) is 50.0 Å². The third-order valence-electron chi connectivity index (χ3n) is 4.19. The van der Waals surface area contributed by atoms with Gasteiger partial charge in [-0.1, -0.05) is 6.07 Å². The predicted octanol–water partition coefficient (Wildman–Crippen LogP) is 2.45. The molecule has 0 bridgehead atoms. The van der Waals surface area contributed by atoms with Gasteiger partial charge in [-0.15, -0.1) is 0 Å². The van der Waals surface area contributed by atoms with Gasteiger partial charge in [0.15, 0.2) is 0 Å². The number of carboxylic acids is 1. The van der Waals surface area contributed by atoms with Gasteiger partial charge in [-0.3, -0.25) is 4.79 Å². The molecule has 1 aliphatic rings. The number of rotatable bonds is 6. The molecule has 0 radical (unpaired) electrons. The number of carbonyl (C=O) groups excluding carboxylic acids is 2. The maximum Gasteiger partial charge on any atom is 0.407 e. The van der Waals surface area contributed by atoms with Gasteiger partial charge in [0, 0.05) is 13.1 Å². The summed E-state index contributed by atoms with van der Waals surface area (Å²) in [6.45, 7) is 8.46. The number of alkyl carbamates (subject to hydrolysis) is 1. The Kier molecular flexibility index (Phi) is 6.88. The number of likely N-dealkylation sites (tertiary alicyclic amines) is 1. The first-order valence-corrected chi connectivity index (χ1v) is 9.35. The Bertz CT molecular complexity index is 741. The fourth-order valence-corrected chi connectivity index (χ4v) is 2.99. The molecule has 8 nitrogen and oxygen atoms in total. The third-order valence-corrected chi connectivity index (χ3v) is 4.19. The quantitative estimate of drug-likeness (QED) is 0.770. The van der Waals surface area contributed by atoms with Crippen molar-refractivity contribution >= 4 is 18.0 Å². The van der Waals surface area contributed by atoms with Crippen molar-refractivity contribution in [1.29, 1.82) is 0 Å². The fraction of sp³-hybridized carbons (Fsp3) is 0.550. The molecule has 28 heavy (non-hydrogen) atoms. The smallest absolute Gasteiger partial charge is 0.407 e. The molecule has 1 aromatic carbocycles. The van der Waals surface area contributed by atoms with E-state index >= 15 is 0 Å². The maximum absolute atomic E-state index is 12.6. The van der Waals surface area contributed by atoms with Crippen molar-refractivity contribution < 1.29 is 29.0 Å². The van der Waals surface area contributed by atoms with Gasteiger partial charge in [0.2, 0.25) is 5.91 Å². The Labute approximate surface area is 164 Å². The summed E-state index contributed by atoms with van der Waals surface area (Å²) in [6, 6.07) is 4.52. The van der Waals surface area contributed by atoms with E-state index in [2.05, 4.69) is 5.32 Å². The number of nitrogens with zero attached hydrogens (tertiary/aromatic N) is 1. The summed E-state index contributed by atoms with van der Waals surface area (Å²) in [5, 5.41) is 12.0. The molecule has 1 heterocycles. The second-order valence-corrected chi connectivity index (χ2v) is 7.72. The van der Waals surface area contributed by atoms with Gasteiger partial charge in [-0.25, -0.2) is 9.59 Å². The van der Waals surface area contributed by atoms with Gasteiger partial charge in [0.05, 0.1) is 19.1 Å². The lowest BCUT2D eigenvalue weighted by molar-refractivity contribution is -0.129. The summed E-state index contributed by atoms with van der Waals surface area (Å²) in [5.41, 5.74) is 0.182. The number of carboxylic acid groups (broad SMARTS) is 1. The zero-order chi connectivity index (χ0) is 20.9. The van der Waals surface area contributed by atoms with E-state index in [1.165, 1.54) is 6.07 Å². The number of hydrogen-bond donors (Lipinski definition) is 2. The molecule has 1 aliphatic heterocycles. The van der Waals surface area contributed by atoms with Crippen molar-refractivity contribution in [2.24, 2.45) is 0 Å². The van der Waals surface area contributed by atoms with E-state index in [-0.39, 0.29) is 29.7 Å². The largest absolute Gasteiger partial charge is 0.493 e. The molecule has 1 fully saturated rings. The number of aromatic carboxylic acids is 1. The van der Waals surface area contributed by atoms with Gasteiger partial charge in [0.1, 0.15) is 16.9 Å². The third kappa shape index (κ3) is 6.14. The SMILES string of the molecule is CCOc1cc(CC(=O)N2CC[C@H](NC(=O)OC(C)(C)C)C2)ccc1C(=O)O. The van der Waals surface area contributed by atoms with Crippen molar-refractivity contribution in [1.82, 2.24) is 10.2 Å². The van der Waals surface area contributed by atoms with E-state index < -0.39 is 17.7 Å². The van der Waals surface area contributed by atoms with Crippen LogP contribution in [-0.4, -0.2) is 59.3 Å². The standard InChI is InChI=1S/C20H28N2O6/c1-5-27-16-10-13(6-7-15(16)18(24)25)11-17(23)22-9-8-14(12-22)21-19(26)28-20(2,3)4/h6-7,10,14H,5,8-9,11-12H2,1-4H3,(H,21,26)(H,24,25)/t14-/m0/s1. The Hall–Kier alpha value is -2.77. The van der Waals surface area contributed by atoms with Crippen LogP contribution >= 0.6 is 0 Å². The molecule has 1 saturated heterocycles. The van der Waals surface area contributed by atoms with E-state index in [1.807, 2.05) is 0 Å². The van der Waals surface area contributed by atoms with Crippen LogP contribution in [0.5, 0.6) is 5.75 Å². The highest BCUT2D eigenvalue weighted by atomic mass is 16.6. The van der Waals surface area contributed by atoms with Crippen molar-refractivity contribution in [3.05, 3.63) is 29.3 Å². The maximum atomic E-state index is 12.6. The van der Waals surface area contributed by atoms with Gasteiger partial charge in [-0.2, -0.15) is 0 Å². The first kappa shape index (κ1) is 21.5. The lowest BCUT2D eigenvalue weighted by Crippen LogP contribution is -2.41. The topological polar surface area (TPSA) is 105 Å². The molecular weight excluding hydrogens is 364 g/mol. The molecule has 0 saturated carbocycles. The second-order valence-electron chi connectivity index (χ2n) is 7.72. The molecular formula is C20H28N2O6. The van der Waals surface area contributed by atoms with Crippen LogP contribution in [0.3, 0.4) is 0 Å². The minimum atomic E-state index is -1.07. The normalized spacial score (nSPS) is 16.6. The van der Waals surface area contributed by atoms with E-state index in [0.29, 0.717) is 31.7 Å². The summed E-state index contributed by atoms with van der Waals surface area (Å²) in [7, 11) is 0. The number of nitrogens with one attached hydrogen (secondary N) is 1. The van der Waals surface area contributed by atoms with Crippen molar-refractivity contribution in [3.63, 3.8) is 0 Å². The Morgan fingerprint density at radius 2 is 2.00 bits per heavy atom. The minimum Gasteiger partial charge on any atom is -0.493 e. The Morgan fingerprint density at radius 3 is 2.61 bits per heavy atom. The van der Waals surface area contributed by atoms with Crippen LogP contribution in [0, 0.1) is 0 Å². The van der Waals surface area contributed by atoms with Gasteiger partial charge in [-0.05, 0) is 51.8 Å². The fourth-order valence-electron chi connectivity index (χ4n) is 2.99. The van der Waals surface area contributed by atoms with Crippen LogP contribution in [0.2, 0.25) is 0 Å². The molecule has 2 amide bonds. The van der Waals surface area contributed by atoms with Crippen LogP contribution < -0.4 is 10.1 Å². The van der Waals surface area contributed by atoms with Gasteiger partial charge in [0.25, 0.3) is 0 Å². The van der Waals surface area contributed by atoms with Crippen LogP contribution in [0.15, 0.2) is 18.2 Å². The van der Waals surface area contributed by atoms with Gasteiger partial charge < -0.3 is 24.8 Å². The average Bonchev–Trinajstić information content (AvgIpc) is 3.01. The summed E-state index contributed by atoms with van der Waals surface area (Å²) < 4.78 is 10.6. The molecule has 154 valence electrons. The van der Waals surface area contributed by atoms with E-state index in [0.717, 1.165) is 0 Å². The zero-order valence-electron chi connectivity index (χ0n) is 16.8. The molecule has 0 aliphatic carbocycles. The summed E-state index contributed by atoms with van der Waals surface area (Å²) in [4.78, 5) is 37.4. The molecule has 8 heteroatoms.